The molecular weight excluding hydrogens is 294 g/mol. The molecule has 120 valence electrons. The van der Waals surface area contributed by atoms with Gasteiger partial charge in [0.2, 0.25) is 5.91 Å². The molecule has 0 radical (unpaired) electrons. The second-order valence-electron chi connectivity index (χ2n) is 5.39. The summed E-state index contributed by atoms with van der Waals surface area (Å²) in [6, 6.07) is 11.2. The molecule has 0 spiro atoms. The number of hydrogen-bond acceptors (Lipinski definition) is 4. The highest BCUT2D eigenvalue weighted by Gasteiger charge is 2.15. The van der Waals surface area contributed by atoms with E-state index in [0.717, 1.165) is 28.3 Å². The van der Waals surface area contributed by atoms with Crippen LogP contribution in [0.4, 0.5) is 5.69 Å². The smallest absolute Gasteiger partial charge is 0.228 e. The molecule has 3 rings (SSSR count). The van der Waals surface area contributed by atoms with Crippen molar-refractivity contribution in [1.82, 2.24) is 0 Å². The van der Waals surface area contributed by atoms with E-state index in [0.29, 0.717) is 19.0 Å². The molecule has 0 aromatic heterocycles. The van der Waals surface area contributed by atoms with E-state index in [9.17, 15) is 4.79 Å². The van der Waals surface area contributed by atoms with Gasteiger partial charge in [-0.25, -0.2) is 0 Å². The molecule has 1 aliphatic heterocycles. The fraction of sp³-hybridized carbons (Fsp3) is 0.278. The number of benzene rings is 2. The third-order valence-corrected chi connectivity index (χ3v) is 3.66. The summed E-state index contributed by atoms with van der Waals surface area (Å²) in [5, 5.41) is 2.93. The predicted octanol–water partition coefficient (Wildman–Crippen LogP) is 2.96. The van der Waals surface area contributed by atoms with Crippen molar-refractivity contribution in [3.05, 3.63) is 47.5 Å². The Morgan fingerprint density at radius 1 is 1.17 bits per heavy atom. The number of carbonyl (C=O) groups excluding carboxylic acids is 1. The van der Waals surface area contributed by atoms with Gasteiger partial charge in [0.25, 0.3) is 0 Å². The Hall–Kier alpha value is -2.69. The van der Waals surface area contributed by atoms with Gasteiger partial charge in [-0.2, -0.15) is 0 Å². The molecule has 1 aliphatic rings. The number of hydrogen-bond donors (Lipinski definition) is 1. The van der Waals surface area contributed by atoms with Crippen LogP contribution in [0.5, 0.6) is 17.2 Å². The van der Waals surface area contributed by atoms with Crippen molar-refractivity contribution in [2.24, 2.45) is 0 Å². The van der Waals surface area contributed by atoms with Gasteiger partial charge in [0.05, 0.1) is 13.5 Å². The Labute approximate surface area is 135 Å². The summed E-state index contributed by atoms with van der Waals surface area (Å²) in [6.45, 7) is 3.00. The van der Waals surface area contributed by atoms with Crippen LogP contribution in [0.2, 0.25) is 0 Å². The molecule has 0 bridgehead atoms. The number of carbonyl (C=O) groups is 1. The molecule has 5 nitrogen and oxygen atoms in total. The van der Waals surface area contributed by atoms with Crippen LogP contribution in [0.1, 0.15) is 11.1 Å². The summed E-state index contributed by atoms with van der Waals surface area (Å²) < 4.78 is 16.3. The van der Waals surface area contributed by atoms with Crippen LogP contribution in [0.25, 0.3) is 0 Å². The SMILES string of the molecule is COc1cccc(CC(=O)Nc2cc3c(cc2C)OCCO3)c1. The minimum Gasteiger partial charge on any atom is -0.497 e. The van der Waals surface area contributed by atoms with E-state index in [-0.39, 0.29) is 12.3 Å². The van der Waals surface area contributed by atoms with E-state index in [1.54, 1.807) is 7.11 Å². The number of methoxy groups -OCH3 is 1. The van der Waals surface area contributed by atoms with E-state index < -0.39 is 0 Å². The number of nitrogens with one attached hydrogen (secondary N) is 1. The lowest BCUT2D eigenvalue weighted by Gasteiger charge is -2.20. The van der Waals surface area contributed by atoms with Crippen molar-refractivity contribution in [3.63, 3.8) is 0 Å². The van der Waals surface area contributed by atoms with Gasteiger partial charge in [0.1, 0.15) is 19.0 Å². The summed E-state index contributed by atoms with van der Waals surface area (Å²) in [5.74, 6) is 2.04. The topological polar surface area (TPSA) is 56.8 Å². The highest BCUT2D eigenvalue weighted by atomic mass is 16.6. The van der Waals surface area contributed by atoms with E-state index in [1.807, 2.05) is 43.3 Å². The Kier molecular flexibility index (Phi) is 4.37. The molecule has 1 N–H and O–H groups in total. The highest BCUT2D eigenvalue weighted by Crippen LogP contribution is 2.35. The summed E-state index contributed by atoms with van der Waals surface area (Å²) >= 11 is 0. The van der Waals surface area contributed by atoms with E-state index >= 15 is 0 Å². The maximum absolute atomic E-state index is 12.3. The molecule has 5 heteroatoms. The Morgan fingerprint density at radius 3 is 2.65 bits per heavy atom. The number of anilines is 1. The average Bonchev–Trinajstić information content (AvgIpc) is 2.55. The first kappa shape index (κ1) is 15.2. The summed E-state index contributed by atoms with van der Waals surface area (Å²) in [5.41, 5.74) is 2.58. The Balaban J connectivity index is 1.72. The number of fused-ring (bicyclic) bond motifs is 1. The lowest BCUT2D eigenvalue weighted by molar-refractivity contribution is -0.115. The number of amides is 1. The zero-order valence-corrected chi connectivity index (χ0v) is 13.2. The van der Waals surface area contributed by atoms with Crippen LogP contribution >= 0.6 is 0 Å². The molecule has 2 aromatic rings. The monoisotopic (exact) mass is 313 g/mol. The van der Waals surface area contributed by atoms with Gasteiger partial charge in [0, 0.05) is 11.8 Å². The predicted molar refractivity (Wildman–Crippen MR) is 87.5 cm³/mol. The van der Waals surface area contributed by atoms with Gasteiger partial charge < -0.3 is 19.5 Å². The molecule has 23 heavy (non-hydrogen) atoms. The molecule has 1 heterocycles. The van der Waals surface area contributed by atoms with Gasteiger partial charge in [-0.3, -0.25) is 4.79 Å². The quantitative estimate of drug-likeness (QED) is 0.943. The minimum atomic E-state index is -0.0852. The lowest BCUT2D eigenvalue weighted by atomic mass is 10.1. The second kappa shape index (κ2) is 6.60. The molecule has 2 aromatic carbocycles. The zero-order valence-electron chi connectivity index (χ0n) is 13.2. The van der Waals surface area contributed by atoms with Gasteiger partial charge in [-0.05, 0) is 36.2 Å². The first-order valence-corrected chi connectivity index (χ1v) is 7.49. The molecule has 0 fully saturated rings. The van der Waals surface area contributed by atoms with Gasteiger partial charge >= 0.3 is 0 Å². The minimum absolute atomic E-state index is 0.0852. The van der Waals surface area contributed by atoms with Gasteiger partial charge in [-0.15, -0.1) is 0 Å². The third kappa shape index (κ3) is 3.56. The first-order valence-electron chi connectivity index (χ1n) is 7.49. The van der Waals surface area contributed by atoms with Crippen LogP contribution in [0, 0.1) is 6.92 Å². The summed E-state index contributed by atoms with van der Waals surface area (Å²) in [7, 11) is 1.61. The van der Waals surface area contributed by atoms with E-state index in [4.69, 9.17) is 14.2 Å². The summed E-state index contributed by atoms with van der Waals surface area (Å²) in [6.07, 6.45) is 0.283. The van der Waals surface area contributed by atoms with Crippen LogP contribution in [0.15, 0.2) is 36.4 Å². The van der Waals surface area contributed by atoms with Crippen LogP contribution in [0.3, 0.4) is 0 Å². The third-order valence-electron chi connectivity index (χ3n) is 3.66. The number of aryl methyl sites for hydroxylation is 1. The molecule has 0 unspecified atom stereocenters. The zero-order chi connectivity index (χ0) is 16.2. The largest absolute Gasteiger partial charge is 0.497 e. The van der Waals surface area contributed by atoms with Crippen LogP contribution in [-0.4, -0.2) is 26.2 Å². The van der Waals surface area contributed by atoms with E-state index in [2.05, 4.69) is 5.32 Å². The maximum atomic E-state index is 12.3. The molecule has 0 saturated carbocycles. The maximum Gasteiger partial charge on any atom is 0.228 e. The lowest BCUT2D eigenvalue weighted by Crippen LogP contribution is -2.18. The van der Waals surface area contributed by atoms with Gasteiger partial charge in [0.15, 0.2) is 11.5 Å². The van der Waals surface area contributed by atoms with Crippen LogP contribution < -0.4 is 19.5 Å². The van der Waals surface area contributed by atoms with Crippen molar-refractivity contribution in [2.45, 2.75) is 13.3 Å². The van der Waals surface area contributed by atoms with Crippen molar-refractivity contribution < 1.29 is 19.0 Å². The summed E-state index contributed by atoms with van der Waals surface area (Å²) in [4.78, 5) is 12.3. The fourth-order valence-electron chi connectivity index (χ4n) is 2.49. The van der Waals surface area contributed by atoms with Gasteiger partial charge in [-0.1, -0.05) is 12.1 Å². The molecule has 0 saturated heterocycles. The standard InChI is InChI=1S/C18H19NO4/c1-12-8-16-17(23-7-6-22-16)11-15(12)19-18(20)10-13-4-3-5-14(9-13)21-2/h3-5,8-9,11H,6-7,10H2,1-2H3,(H,19,20). The Morgan fingerprint density at radius 2 is 1.91 bits per heavy atom. The molecule has 0 atom stereocenters. The molecular formula is C18H19NO4. The number of ether oxygens (including phenoxy) is 3. The Bertz CT molecular complexity index is 727. The average molecular weight is 313 g/mol. The first-order chi connectivity index (χ1) is 11.2. The van der Waals surface area contributed by atoms with Crippen molar-refractivity contribution in [1.29, 1.82) is 0 Å². The normalized spacial score (nSPS) is 12.6. The highest BCUT2D eigenvalue weighted by molar-refractivity contribution is 5.93. The van der Waals surface area contributed by atoms with Crippen molar-refractivity contribution in [2.75, 3.05) is 25.6 Å². The van der Waals surface area contributed by atoms with E-state index in [1.165, 1.54) is 0 Å². The van der Waals surface area contributed by atoms with Crippen LogP contribution in [-0.2, 0) is 11.2 Å². The fourth-order valence-corrected chi connectivity index (χ4v) is 2.49. The van der Waals surface area contributed by atoms with Crippen molar-refractivity contribution in [3.8, 4) is 17.2 Å². The van der Waals surface area contributed by atoms with Crippen molar-refractivity contribution >= 4 is 11.6 Å². The molecule has 1 amide bonds. The number of rotatable bonds is 4. The second-order valence-corrected chi connectivity index (χ2v) is 5.39. The molecule has 0 aliphatic carbocycles.